The number of rotatable bonds is 4. The summed E-state index contributed by atoms with van der Waals surface area (Å²) in [7, 11) is 0. The molecule has 31 heavy (non-hydrogen) atoms. The van der Waals surface area contributed by atoms with Crippen LogP contribution in [-0.2, 0) is 0 Å². The van der Waals surface area contributed by atoms with Crippen molar-refractivity contribution >= 4 is 51.8 Å². The predicted molar refractivity (Wildman–Crippen MR) is 128 cm³/mol. The van der Waals surface area contributed by atoms with Crippen LogP contribution in [0.25, 0.3) is 0 Å². The van der Waals surface area contributed by atoms with Gasteiger partial charge in [-0.2, -0.15) is 5.10 Å². The van der Waals surface area contributed by atoms with Crippen molar-refractivity contribution in [1.82, 2.24) is 10.4 Å². The van der Waals surface area contributed by atoms with E-state index in [4.69, 9.17) is 40.5 Å². The maximum atomic E-state index is 13.5. The predicted octanol–water partition coefficient (Wildman–Crippen LogP) is 6.00. The van der Waals surface area contributed by atoms with Crippen LogP contribution < -0.4 is 10.4 Å². The molecule has 2 aromatic carbocycles. The van der Waals surface area contributed by atoms with Crippen LogP contribution in [0.4, 0.5) is 10.1 Å². The Morgan fingerprint density at radius 2 is 1.77 bits per heavy atom. The van der Waals surface area contributed by atoms with E-state index in [1.54, 1.807) is 24.3 Å². The molecule has 8 heteroatoms. The molecular formula is C23H23Cl2FN4S. The minimum Gasteiger partial charge on any atom is -0.308 e. The number of benzene rings is 2. The molecule has 1 saturated carbocycles. The minimum atomic E-state index is -0.268. The summed E-state index contributed by atoms with van der Waals surface area (Å²) in [5.41, 5.74) is 5.91. The molecule has 2 heterocycles. The second-order valence-corrected chi connectivity index (χ2v) is 9.81. The number of hydrazine groups is 1. The molecule has 0 radical (unpaired) electrons. The van der Waals surface area contributed by atoms with Gasteiger partial charge in [-0.3, -0.25) is 5.01 Å². The molecule has 0 aromatic heterocycles. The molecule has 2 fully saturated rings. The highest BCUT2D eigenvalue weighted by Crippen LogP contribution is 2.40. The Morgan fingerprint density at radius 1 is 1.06 bits per heavy atom. The van der Waals surface area contributed by atoms with E-state index in [0.29, 0.717) is 21.5 Å². The summed E-state index contributed by atoms with van der Waals surface area (Å²) in [6.07, 6.45) is 4.58. The van der Waals surface area contributed by atoms with Crippen LogP contribution in [0, 0.1) is 17.7 Å². The first-order valence-electron chi connectivity index (χ1n) is 10.6. The van der Waals surface area contributed by atoms with Crippen molar-refractivity contribution in [1.29, 1.82) is 0 Å². The summed E-state index contributed by atoms with van der Waals surface area (Å²) in [6.45, 7) is 2.07. The molecule has 5 rings (SSSR count). The number of hydrazone groups is 1. The molecule has 2 aliphatic heterocycles. The van der Waals surface area contributed by atoms with Gasteiger partial charge in [0.05, 0.1) is 22.5 Å². The molecule has 3 aliphatic rings. The second-order valence-electron chi connectivity index (χ2n) is 8.56. The van der Waals surface area contributed by atoms with Gasteiger partial charge in [0.2, 0.25) is 0 Å². The molecule has 162 valence electrons. The lowest BCUT2D eigenvalue weighted by atomic mass is 10.0. The molecule has 4 nitrogen and oxygen atoms in total. The van der Waals surface area contributed by atoms with Crippen LogP contribution in [0.1, 0.15) is 37.3 Å². The highest BCUT2D eigenvalue weighted by atomic mass is 35.5. The number of halogens is 3. The Labute approximate surface area is 197 Å². The smallest absolute Gasteiger partial charge is 0.137 e. The fraction of sp³-hybridized carbons (Fsp3) is 0.391. The first kappa shape index (κ1) is 21.1. The number of nitrogens with one attached hydrogen (secondary N) is 1. The van der Waals surface area contributed by atoms with E-state index in [1.165, 1.54) is 31.4 Å². The lowest BCUT2D eigenvalue weighted by molar-refractivity contribution is 0.274. The molecule has 3 atom stereocenters. The Balaban J connectivity index is 1.39. The Morgan fingerprint density at radius 3 is 2.45 bits per heavy atom. The van der Waals surface area contributed by atoms with Gasteiger partial charge >= 0.3 is 0 Å². The Bertz CT molecular complexity index is 1020. The van der Waals surface area contributed by atoms with Gasteiger partial charge in [-0.15, -0.1) is 0 Å². The summed E-state index contributed by atoms with van der Waals surface area (Å²) >= 11 is 18.3. The van der Waals surface area contributed by atoms with E-state index >= 15 is 0 Å². The van der Waals surface area contributed by atoms with Crippen molar-refractivity contribution in [3.8, 4) is 0 Å². The summed E-state index contributed by atoms with van der Waals surface area (Å²) < 4.78 is 13.5. The first-order chi connectivity index (χ1) is 15.0. The van der Waals surface area contributed by atoms with Crippen LogP contribution in [0.2, 0.25) is 10.0 Å². The van der Waals surface area contributed by atoms with Gasteiger partial charge in [0.15, 0.2) is 0 Å². The standard InChI is InChI=1S/C23H23Cl2FN4S/c24-17-6-9-21(19(25)10-17)30-22(14-4-7-18(26)8-5-14)11-20(27-30)23(31)28-29-12-15-2-1-3-16(15)13-29/h4-10,15-16,22H,1-3,11-13H2,(H,28,31). The molecule has 2 aromatic rings. The second kappa shape index (κ2) is 8.66. The van der Waals surface area contributed by atoms with Gasteiger partial charge in [0.1, 0.15) is 10.8 Å². The fourth-order valence-corrected chi connectivity index (χ4v) is 5.76. The summed E-state index contributed by atoms with van der Waals surface area (Å²) in [4.78, 5) is 0.639. The summed E-state index contributed by atoms with van der Waals surface area (Å²) in [5, 5.41) is 10.0. The molecule has 0 spiro atoms. The molecule has 0 bridgehead atoms. The van der Waals surface area contributed by atoms with Crippen molar-refractivity contribution in [2.45, 2.75) is 31.7 Å². The van der Waals surface area contributed by atoms with Crippen molar-refractivity contribution in [2.24, 2.45) is 16.9 Å². The largest absolute Gasteiger partial charge is 0.308 e. The van der Waals surface area contributed by atoms with E-state index in [9.17, 15) is 4.39 Å². The number of hydrogen-bond donors (Lipinski definition) is 1. The molecule has 0 amide bonds. The maximum absolute atomic E-state index is 13.5. The zero-order chi connectivity index (χ0) is 21.5. The third-order valence-electron chi connectivity index (χ3n) is 6.57. The number of hydrogen-bond acceptors (Lipinski definition) is 4. The number of anilines is 1. The topological polar surface area (TPSA) is 30.9 Å². The molecule has 3 unspecified atom stereocenters. The van der Waals surface area contributed by atoms with Crippen molar-refractivity contribution in [2.75, 3.05) is 18.1 Å². The zero-order valence-corrected chi connectivity index (χ0v) is 19.2. The Hall–Kier alpha value is -1.73. The van der Waals surface area contributed by atoms with Crippen molar-refractivity contribution in [3.05, 3.63) is 63.9 Å². The van der Waals surface area contributed by atoms with Gasteiger partial charge in [-0.25, -0.2) is 9.40 Å². The molecular weight excluding hydrogens is 454 g/mol. The van der Waals surface area contributed by atoms with E-state index in [0.717, 1.165) is 41.9 Å². The van der Waals surface area contributed by atoms with Crippen LogP contribution in [0.5, 0.6) is 0 Å². The maximum Gasteiger partial charge on any atom is 0.137 e. The van der Waals surface area contributed by atoms with Crippen LogP contribution >= 0.6 is 35.4 Å². The SMILES string of the molecule is Fc1ccc(C2CC(C(=S)NN3CC4CCCC4C3)=NN2c2ccc(Cl)cc2Cl)cc1. The number of thiocarbonyl (C=S) groups is 1. The highest BCUT2D eigenvalue weighted by molar-refractivity contribution is 7.82. The molecule has 1 saturated heterocycles. The van der Waals surface area contributed by atoms with Crippen LogP contribution in [-0.4, -0.2) is 28.8 Å². The molecule has 1 aliphatic carbocycles. The van der Waals surface area contributed by atoms with E-state index in [1.807, 2.05) is 11.1 Å². The monoisotopic (exact) mass is 476 g/mol. The average molecular weight is 477 g/mol. The number of fused-ring (bicyclic) bond motifs is 1. The van der Waals surface area contributed by atoms with Gasteiger partial charge < -0.3 is 5.43 Å². The van der Waals surface area contributed by atoms with E-state index < -0.39 is 0 Å². The summed E-state index contributed by atoms with van der Waals surface area (Å²) in [5.74, 6) is 1.28. The van der Waals surface area contributed by atoms with Crippen molar-refractivity contribution < 1.29 is 4.39 Å². The van der Waals surface area contributed by atoms with Gasteiger partial charge in [-0.1, -0.05) is 54.0 Å². The van der Waals surface area contributed by atoms with Gasteiger partial charge in [0.25, 0.3) is 0 Å². The fourth-order valence-electron chi connectivity index (χ4n) is 5.02. The molecule has 1 N–H and O–H groups in total. The highest BCUT2D eigenvalue weighted by Gasteiger charge is 2.38. The number of nitrogens with zero attached hydrogens (tertiary/aromatic N) is 3. The lowest BCUT2D eigenvalue weighted by Crippen LogP contribution is -2.43. The zero-order valence-electron chi connectivity index (χ0n) is 16.9. The first-order valence-corrected chi connectivity index (χ1v) is 11.8. The van der Waals surface area contributed by atoms with Gasteiger partial charge in [0, 0.05) is 24.5 Å². The third-order valence-corrected chi connectivity index (χ3v) is 7.43. The lowest BCUT2D eigenvalue weighted by Gasteiger charge is -2.25. The van der Waals surface area contributed by atoms with Crippen LogP contribution in [0.3, 0.4) is 0 Å². The quantitative estimate of drug-likeness (QED) is 0.547. The van der Waals surface area contributed by atoms with Crippen molar-refractivity contribution in [3.63, 3.8) is 0 Å². The Kier molecular flexibility index (Phi) is 5.90. The third kappa shape index (κ3) is 4.31. The van der Waals surface area contributed by atoms with E-state index in [2.05, 4.69) is 10.4 Å². The minimum absolute atomic E-state index is 0.132. The van der Waals surface area contributed by atoms with E-state index in [-0.39, 0.29) is 11.9 Å². The normalized spacial score (nSPS) is 25.6. The summed E-state index contributed by atoms with van der Waals surface area (Å²) in [6, 6.07) is 11.7. The van der Waals surface area contributed by atoms with Crippen LogP contribution in [0.15, 0.2) is 47.6 Å². The van der Waals surface area contributed by atoms with Gasteiger partial charge in [-0.05, 0) is 60.6 Å². The average Bonchev–Trinajstić information content (AvgIpc) is 3.43.